The van der Waals surface area contributed by atoms with E-state index in [1.807, 2.05) is 85.5 Å². The summed E-state index contributed by atoms with van der Waals surface area (Å²) in [5, 5.41) is 0.526. The van der Waals surface area contributed by atoms with Gasteiger partial charge in [-0.05, 0) is 49.8 Å². The van der Waals surface area contributed by atoms with Gasteiger partial charge in [0, 0.05) is 11.7 Å². The number of nitrogens with zero attached hydrogens (tertiary/aromatic N) is 2. The molecular weight excluding hydrogens is 304 g/mol. The van der Waals surface area contributed by atoms with Crippen LogP contribution in [0, 0.1) is 0 Å². The molecule has 1 aliphatic heterocycles. The van der Waals surface area contributed by atoms with Crippen molar-refractivity contribution in [3.63, 3.8) is 0 Å². The molecule has 1 saturated heterocycles. The first-order chi connectivity index (χ1) is 11.1. The van der Waals surface area contributed by atoms with Crippen molar-refractivity contribution in [3.05, 3.63) is 71.9 Å². The highest BCUT2D eigenvalue weighted by Crippen LogP contribution is 2.31. The van der Waals surface area contributed by atoms with Crippen LogP contribution in [0.2, 0.25) is 0 Å². The molecule has 2 aromatic rings. The zero-order chi connectivity index (χ0) is 16.4. The molecule has 4 heteroatoms. The van der Waals surface area contributed by atoms with Crippen LogP contribution in [0.3, 0.4) is 0 Å². The zero-order valence-electron chi connectivity index (χ0n) is 13.1. The van der Waals surface area contributed by atoms with Gasteiger partial charge in [-0.15, -0.1) is 0 Å². The number of carbonyl (C=O) groups excluding carboxylic acids is 1. The number of amides is 1. The topological polar surface area (TPSA) is 23.6 Å². The second-order valence-corrected chi connectivity index (χ2v) is 6.03. The van der Waals surface area contributed by atoms with Gasteiger partial charge in [-0.2, -0.15) is 0 Å². The summed E-state index contributed by atoms with van der Waals surface area (Å²) < 4.78 is 0. The number of anilines is 1. The van der Waals surface area contributed by atoms with Gasteiger partial charge in [-0.25, -0.2) is 0 Å². The van der Waals surface area contributed by atoms with Gasteiger partial charge in [0.25, 0.3) is 5.91 Å². The van der Waals surface area contributed by atoms with Gasteiger partial charge in [0.05, 0.1) is 0 Å². The van der Waals surface area contributed by atoms with Crippen molar-refractivity contribution in [2.75, 3.05) is 4.90 Å². The molecule has 23 heavy (non-hydrogen) atoms. The van der Waals surface area contributed by atoms with E-state index in [0.717, 1.165) is 11.3 Å². The molecule has 0 saturated carbocycles. The maximum atomic E-state index is 12.9. The lowest BCUT2D eigenvalue weighted by atomic mass is 10.1. The van der Waals surface area contributed by atoms with E-state index in [1.54, 1.807) is 4.90 Å². The number of hydrogen-bond donors (Lipinski definition) is 0. The van der Waals surface area contributed by atoms with Crippen LogP contribution in [0.25, 0.3) is 6.08 Å². The Balaban J connectivity index is 2.11. The first-order valence-corrected chi connectivity index (χ1v) is 8.00. The minimum atomic E-state index is -0.0577. The molecule has 0 unspecified atom stereocenters. The van der Waals surface area contributed by atoms with Crippen LogP contribution < -0.4 is 4.90 Å². The molecule has 1 fully saturated rings. The van der Waals surface area contributed by atoms with Crippen LogP contribution in [0.1, 0.15) is 19.4 Å². The van der Waals surface area contributed by atoms with Gasteiger partial charge < -0.3 is 0 Å². The van der Waals surface area contributed by atoms with Crippen molar-refractivity contribution < 1.29 is 4.79 Å². The van der Waals surface area contributed by atoms with E-state index in [1.165, 1.54) is 0 Å². The molecule has 0 aliphatic carbocycles. The average Bonchev–Trinajstić information content (AvgIpc) is 2.80. The maximum Gasteiger partial charge on any atom is 0.277 e. The molecule has 2 aromatic carbocycles. The summed E-state index contributed by atoms with van der Waals surface area (Å²) in [7, 11) is 0. The zero-order valence-corrected chi connectivity index (χ0v) is 14.0. The van der Waals surface area contributed by atoms with E-state index in [0.29, 0.717) is 10.8 Å². The fraction of sp³-hybridized carbons (Fsp3) is 0.158. The highest BCUT2D eigenvalue weighted by atomic mass is 32.1. The van der Waals surface area contributed by atoms with E-state index < -0.39 is 0 Å². The second-order valence-electron chi connectivity index (χ2n) is 5.66. The van der Waals surface area contributed by atoms with Crippen molar-refractivity contribution in [1.82, 2.24) is 4.90 Å². The summed E-state index contributed by atoms with van der Waals surface area (Å²) in [6.45, 7) is 3.94. The summed E-state index contributed by atoms with van der Waals surface area (Å²) in [6.07, 6.45) is 1.89. The molecule has 0 atom stereocenters. The molecule has 1 amide bonds. The van der Waals surface area contributed by atoms with E-state index in [9.17, 15) is 4.79 Å². The summed E-state index contributed by atoms with van der Waals surface area (Å²) in [6, 6.07) is 19.6. The maximum absolute atomic E-state index is 12.9. The fourth-order valence-corrected chi connectivity index (χ4v) is 3.13. The molecule has 3 rings (SSSR count). The van der Waals surface area contributed by atoms with E-state index in [-0.39, 0.29) is 11.9 Å². The number of para-hydroxylation sites is 1. The Hall–Kier alpha value is -2.46. The third-order valence-corrected chi connectivity index (χ3v) is 4.09. The Kier molecular flexibility index (Phi) is 4.26. The van der Waals surface area contributed by atoms with Gasteiger partial charge >= 0.3 is 0 Å². The fourth-order valence-electron chi connectivity index (χ4n) is 2.63. The lowest BCUT2D eigenvalue weighted by Crippen LogP contribution is -2.37. The van der Waals surface area contributed by atoms with Gasteiger partial charge in [0.15, 0.2) is 5.11 Å². The highest BCUT2D eigenvalue weighted by molar-refractivity contribution is 7.80. The molecule has 1 heterocycles. The van der Waals surface area contributed by atoms with Crippen molar-refractivity contribution in [2.24, 2.45) is 0 Å². The smallest absolute Gasteiger partial charge is 0.277 e. The lowest BCUT2D eigenvalue weighted by molar-refractivity contribution is -0.123. The third-order valence-electron chi connectivity index (χ3n) is 3.71. The SMILES string of the molecule is CC(C)N1C(=O)/C(=C\c2ccccc2)N(c2ccccc2)C1=S. The summed E-state index contributed by atoms with van der Waals surface area (Å²) >= 11 is 5.58. The quantitative estimate of drug-likeness (QED) is 0.629. The van der Waals surface area contributed by atoms with Gasteiger partial charge in [-0.1, -0.05) is 48.5 Å². The molecule has 1 aliphatic rings. The molecule has 116 valence electrons. The third kappa shape index (κ3) is 2.90. The van der Waals surface area contributed by atoms with Gasteiger partial charge in [0.2, 0.25) is 0 Å². The van der Waals surface area contributed by atoms with Crippen LogP contribution in [-0.4, -0.2) is 22.0 Å². The van der Waals surface area contributed by atoms with E-state index in [2.05, 4.69) is 0 Å². The van der Waals surface area contributed by atoms with Gasteiger partial charge in [-0.3, -0.25) is 14.6 Å². The first-order valence-electron chi connectivity index (χ1n) is 7.59. The largest absolute Gasteiger partial charge is 0.282 e. The normalized spacial score (nSPS) is 16.7. The van der Waals surface area contributed by atoms with Crippen molar-refractivity contribution in [1.29, 1.82) is 0 Å². The Morgan fingerprint density at radius 3 is 2.09 bits per heavy atom. The first kappa shape index (κ1) is 15.4. The highest BCUT2D eigenvalue weighted by Gasteiger charge is 2.40. The van der Waals surface area contributed by atoms with Crippen molar-refractivity contribution in [2.45, 2.75) is 19.9 Å². The number of carbonyl (C=O) groups is 1. The second kappa shape index (κ2) is 6.34. The molecular formula is C19H18N2OS. The van der Waals surface area contributed by atoms with Crippen LogP contribution in [-0.2, 0) is 4.79 Å². The average molecular weight is 322 g/mol. The van der Waals surface area contributed by atoms with Crippen LogP contribution in [0.5, 0.6) is 0 Å². The number of hydrogen-bond acceptors (Lipinski definition) is 2. The molecule has 0 bridgehead atoms. The standard InChI is InChI=1S/C19H18N2OS/c1-14(2)20-18(22)17(13-15-9-5-3-6-10-15)21(19(20)23)16-11-7-4-8-12-16/h3-14H,1-2H3/b17-13+. The minimum absolute atomic E-state index is 0.0166. The van der Waals surface area contributed by atoms with Crippen LogP contribution in [0.15, 0.2) is 66.4 Å². The van der Waals surface area contributed by atoms with Crippen LogP contribution >= 0.6 is 12.2 Å². The molecule has 0 radical (unpaired) electrons. The predicted molar refractivity (Wildman–Crippen MR) is 97.9 cm³/mol. The predicted octanol–water partition coefficient (Wildman–Crippen LogP) is 4.07. The monoisotopic (exact) mass is 322 g/mol. The summed E-state index contributed by atoms with van der Waals surface area (Å²) in [5.74, 6) is -0.0577. The Labute approximate surface area is 141 Å². The molecule has 0 aromatic heterocycles. The molecule has 3 nitrogen and oxygen atoms in total. The summed E-state index contributed by atoms with van der Waals surface area (Å²) in [5.41, 5.74) is 2.46. The number of thiocarbonyl (C=S) groups is 1. The van der Waals surface area contributed by atoms with Gasteiger partial charge in [0.1, 0.15) is 5.70 Å². The number of benzene rings is 2. The molecule has 0 N–H and O–H groups in total. The Morgan fingerprint density at radius 1 is 0.957 bits per heavy atom. The van der Waals surface area contributed by atoms with E-state index >= 15 is 0 Å². The lowest BCUT2D eigenvalue weighted by Gasteiger charge is -2.22. The van der Waals surface area contributed by atoms with Crippen molar-refractivity contribution >= 4 is 35.0 Å². The Bertz CT molecular complexity index is 753. The van der Waals surface area contributed by atoms with Crippen molar-refractivity contribution in [3.8, 4) is 0 Å². The molecule has 0 spiro atoms. The minimum Gasteiger partial charge on any atom is -0.282 e. The van der Waals surface area contributed by atoms with Crippen LogP contribution in [0.4, 0.5) is 5.69 Å². The van der Waals surface area contributed by atoms with E-state index in [4.69, 9.17) is 12.2 Å². The number of rotatable bonds is 3. The Morgan fingerprint density at radius 2 is 1.52 bits per heavy atom. The summed E-state index contributed by atoms with van der Waals surface area (Å²) in [4.78, 5) is 16.4.